The van der Waals surface area contributed by atoms with Gasteiger partial charge >= 0.3 is 0 Å². The summed E-state index contributed by atoms with van der Waals surface area (Å²) in [5.41, 5.74) is 0.117. The lowest BCUT2D eigenvalue weighted by Gasteiger charge is -2.61. The minimum Gasteiger partial charge on any atom is -0.326 e. The van der Waals surface area contributed by atoms with Crippen LogP contribution in [0.2, 0.25) is 0 Å². The summed E-state index contributed by atoms with van der Waals surface area (Å²) in [6, 6.07) is 0. The average molecular weight is 270 g/mol. The molecule has 3 nitrogen and oxygen atoms in total. The number of rotatable bonds is 5. The normalized spacial score (nSPS) is 35.7. The second-order valence-corrected chi connectivity index (χ2v) is 7.21. The van der Waals surface area contributed by atoms with Crippen molar-refractivity contribution in [2.24, 2.45) is 16.2 Å². The lowest BCUT2D eigenvalue weighted by atomic mass is 9.61. The van der Waals surface area contributed by atoms with Crippen LogP contribution in [0.4, 0.5) is 0 Å². The van der Waals surface area contributed by atoms with E-state index in [4.69, 9.17) is 14.2 Å². The van der Waals surface area contributed by atoms with Crippen LogP contribution in [0.1, 0.15) is 60.8 Å². The van der Waals surface area contributed by atoms with Gasteiger partial charge in [-0.15, -0.1) is 0 Å². The summed E-state index contributed by atoms with van der Waals surface area (Å²) in [7, 11) is 0. The van der Waals surface area contributed by atoms with E-state index in [1.807, 2.05) is 0 Å². The molecule has 0 aliphatic carbocycles. The van der Waals surface area contributed by atoms with E-state index in [2.05, 4.69) is 41.5 Å². The highest BCUT2D eigenvalue weighted by atomic mass is 16.9. The van der Waals surface area contributed by atoms with Crippen molar-refractivity contribution in [3.05, 3.63) is 0 Å². The number of ether oxygens (including phenoxy) is 3. The van der Waals surface area contributed by atoms with Crippen molar-refractivity contribution in [2.75, 3.05) is 19.8 Å². The van der Waals surface area contributed by atoms with Crippen molar-refractivity contribution in [2.45, 2.75) is 66.8 Å². The van der Waals surface area contributed by atoms with Crippen LogP contribution in [0.5, 0.6) is 0 Å². The van der Waals surface area contributed by atoms with Gasteiger partial charge in [-0.05, 0) is 24.7 Å². The predicted molar refractivity (Wildman–Crippen MR) is 75.8 cm³/mol. The minimum atomic E-state index is -0.827. The van der Waals surface area contributed by atoms with Crippen LogP contribution in [0.25, 0.3) is 0 Å². The zero-order valence-electron chi connectivity index (χ0n) is 13.5. The fourth-order valence-corrected chi connectivity index (χ4v) is 3.27. The molecule has 0 unspecified atom stereocenters. The molecule has 3 aliphatic heterocycles. The first kappa shape index (κ1) is 15.3. The van der Waals surface area contributed by atoms with Crippen LogP contribution >= 0.6 is 0 Å². The summed E-state index contributed by atoms with van der Waals surface area (Å²) in [5, 5.41) is 0. The Labute approximate surface area is 118 Å². The number of fused-ring (bicyclic) bond motifs is 3. The highest BCUT2D eigenvalue weighted by Gasteiger charge is 2.63. The molecule has 3 heteroatoms. The molecule has 3 fully saturated rings. The topological polar surface area (TPSA) is 27.7 Å². The molecule has 3 rings (SSSR count). The second-order valence-electron chi connectivity index (χ2n) is 7.21. The maximum absolute atomic E-state index is 6.13. The molecule has 0 radical (unpaired) electrons. The Balaban J connectivity index is 2.22. The molecule has 3 aliphatic rings. The molecule has 3 heterocycles. The molecule has 0 spiro atoms. The van der Waals surface area contributed by atoms with Crippen LogP contribution in [-0.4, -0.2) is 25.8 Å². The highest BCUT2D eigenvalue weighted by molar-refractivity contribution is 5.01. The van der Waals surface area contributed by atoms with Gasteiger partial charge in [0.1, 0.15) is 0 Å². The van der Waals surface area contributed by atoms with Gasteiger partial charge in [0, 0.05) is 10.8 Å². The third-order valence-electron chi connectivity index (χ3n) is 6.17. The molecule has 0 saturated carbocycles. The van der Waals surface area contributed by atoms with Gasteiger partial charge in [0.2, 0.25) is 0 Å². The second kappa shape index (κ2) is 4.71. The Morgan fingerprint density at radius 1 is 0.789 bits per heavy atom. The molecule has 0 N–H and O–H groups in total. The van der Waals surface area contributed by atoms with Crippen molar-refractivity contribution < 1.29 is 14.2 Å². The molecule has 3 saturated heterocycles. The summed E-state index contributed by atoms with van der Waals surface area (Å²) < 4.78 is 18.4. The van der Waals surface area contributed by atoms with Gasteiger partial charge in [0.15, 0.2) is 0 Å². The van der Waals surface area contributed by atoms with Gasteiger partial charge < -0.3 is 14.2 Å². The third kappa shape index (κ3) is 1.97. The Hall–Kier alpha value is -0.120. The lowest BCUT2D eigenvalue weighted by molar-refractivity contribution is -0.511. The highest BCUT2D eigenvalue weighted by Crippen LogP contribution is 2.56. The van der Waals surface area contributed by atoms with E-state index in [0.29, 0.717) is 0 Å². The molecule has 19 heavy (non-hydrogen) atoms. The molecule has 2 bridgehead atoms. The van der Waals surface area contributed by atoms with E-state index in [9.17, 15) is 0 Å². The fraction of sp³-hybridized carbons (Fsp3) is 1.00. The van der Waals surface area contributed by atoms with Crippen molar-refractivity contribution in [3.63, 3.8) is 0 Å². The fourth-order valence-electron chi connectivity index (χ4n) is 3.27. The maximum atomic E-state index is 6.13. The van der Waals surface area contributed by atoms with Gasteiger partial charge in [0.05, 0.1) is 19.8 Å². The molecular weight excluding hydrogens is 240 g/mol. The summed E-state index contributed by atoms with van der Waals surface area (Å²) >= 11 is 0. The van der Waals surface area contributed by atoms with Crippen LogP contribution in [-0.2, 0) is 14.2 Å². The zero-order valence-corrected chi connectivity index (χ0v) is 13.5. The largest absolute Gasteiger partial charge is 0.326 e. The number of hydrogen-bond donors (Lipinski definition) is 0. The Bertz CT molecular complexity index is 306. The van der Waals surface area contributed by atoms with Crippen molar-refractivity contribution in [3.8, 4) is 0 Å². The summed E-state index contributed by atoms with van der Waals surface area (Å²) in [6.07, 6.45) is 3.23. The summed E-state index contributed by atoms with van der Waals surface area (Å²) in [5.74, 6) is -0.827. The Morgan fingerprint density at radius 3 is 1.53 bits per heavy atom. The molecule has 0 aromatic heterocycles. The first-order chi connectivity index (χ1) is 8.80. The standard InChI is InChI=1S/C16H30O3/c1-7-13(4,5)16-17-10-15(11-18-16,12-19-16)14(6,8-2)9-3/h7-12H2,1-6H3. The van der Waals surface area contributed by atoms with Crippen LogP contribution in [0, 0.1) is 16.2 Å². The maximum Gasteiger partial charge on any atom is 0.288 e. The minimum absolute atomic E-state index is 0.0159. The van der Waals surface area contributed by atoms with Crippen LogP contribution < -0.4 is 0 Å². The number of hydrogen-bond acceptors (Lipinski definition) is 3. The molecular formula is C16H30O3. The van der Waals surface area contributed by atoms with E-state index >= 15 is 0 Å². The quantitative estimate of drug-likeness (QED) is 0.756. The lowest BCUT2D eigenvalue weighted by Crippen LogP contribution is -2.68. The van der Waals surface area contributed by atoms with Gasteiger partial charge in [-0.1, -0.05) is 41.5 Å². The third-order valence-corrected chi connectivity index (χ3v) is 6.17. The molecule has 0 amide bonds. The molecule has 0 aromatic rings. The molecule has 112 valence electrons. The predicted octanol–water partition coefficient (Wildman–Crippen LogP) is 3.97. The average Bonchev–Trinajstić information content (AvgIpc) is 2.47. The van der Waals surface area contributed by atoms with Gasteiger partial charge in [0.25, 0.3) is 5.97 Å². The van der Waals surface area contributed by atoms with E-state index in [0.717, 1.165) is 39.1 Å². The summed E-state index contributed by atoms with van der Waals surface area (Å²) in [4.78, 5) is 0. The monoisotopic (exact) mass is 270 g/mol. The van der Waals surface area contributed by atoms with Gasteiger partial charge in [-0.25, -0.2) is 0 Å². The Morgan fingerprint density at radius 2 is 1.21 bits per heavy atom. The van der Waals surface area contributed by atoms with E-state index in [-0.39, 0.29) is 16.2 Å². The summed E-state index contributed by atoms with van der Waals surface area (Å²) in [6.45, 7) is 15.6. The van der Waals surface area contributed by atoms with E-state index in [1.165, 1.54) is 0 Å². The van der Waals surface area contributed by atoms with Gasteiger partial charge in [-0.2, -0.15) is 0 Å². The van der Waals surface area contributed by atoms with Crippen molar-refractivity contribution in [1.82, 2.24) is 0 Å². The first-order valence-corrected chi connectivity index (χ1v) is 7.72. The molecule has 0 aromatic carbocycles. The van der Waals surface area contributed by atoms with Crippen molar-refractivity contribution >= 4 is 0 Å². The van der Waals surface area contributed by atoms with Crippen LogP contribution in [0.15, 0.2) is 0 Å². The smallest absolute Gasteiger partial charge is 0.288 e. The van der Waals surface area contributed by atoms with Gasteiger partial charge in [-0.3, -0.25) is 0 Å². The molecule has 0 atom stereocenters. The van der Waals surface area contributed by atoms with E-state index < -0.39 is 5.97 Å². The van der Waals surface area contributed by atoms with Crippen LogP contribution in [0.3, 0.4) is 0 Å². The van der Waals surface area contributed by atoms with E-state index in [1.54, 1.807) is 0 Å². The first-order valence-electron chi connectivity index (χ1n) is 7.72. The van der Waals surface area contributed by atoms with Crippen molar-refractivity contribution in [1.29, 1.82) is 0 Å². The SMILES string of the molecule is CCC(C)(C)C12OCC(C(C)(CC)CC)(CO1)CO2. The Kier molecular flexibility index (Phi) is 3.79. The zero-order chi connectivity index (χ0) is 14.4.